The minimum atomic E-state index is 0.851. The summed E-state index contributed by atoms with van der Waals surface area (Å²) in [5.74, 6) is 0.851. The molecule has 14 heavy (non-hydrogen) atoms. The van der Waals surface area contributed by atoms with Crippen LogP contribution in [0.1, 0.15) is 11.3 Å². The SMILES string of the molecule is c1coc(-c2n[nH]c3c2CCNC3)c1. The molecule has 4 heteroatoms. The van der Waals surface area contributed by atoms with Crippen molar-refractivity contribution in [2.45, 2.75) is 13.0 Å². The molecule has 4 nitrogen and oxygen atoms in total. The van der Waals surface area contributed by atoms with E-state index in [4.69, 9.17) is 4.42 Å². The first-order valence-corrected chi connectivity index (χ1v) is 4.76. The fourth-order valence-electron chi connectivity index (χ4n) is 1.86. The summed E-state index contributed by atoms with van der Waals surface area (Å²) >= 11 is 0. The van der Waals surface area contributed by atoms with Crippen LogP contribution in [0.2, 0.25) is 0 Å². The molecule has 1 aliphatic heterocycles. The van der Waals surface area contributed by atoms with Crippen LogP contribution in [0.3, 0.4) is 0 Å². The fraction of sp³-hybridized carbons (Fsp3) is 0.300. The Kier molecular flexibility index (Phi) is 1.67. The van der Waals surface area contributed by atoms with E-state index in [0.717, 1.165) is 31.0 Å². The van der Waals surface area contributed by atoms with Gasteiger partial charge in [0.15, 0.2) is 5.76 Å². The van der Waals surface area contributed by atoms with Crippen LogP contribution >= 0.6 is 0 Å². The molecule has 3 heterocycles. The van der Waals surface area contributed by atoms with E-state index in [9.17, 15) is 0 Å². The van der Waals surface area contributed by atoms with Crippen molar-refractivity contribution < 1.29 is 4.42 Å². The smallest absolute Gasteiger partial charge is 0.154 e. The van der Waals surface area contributed by atoms with Gasteiger partial charge in [0.05, 0.1) is 12.0 Å². The lowest BCUT2D eigenvalue weighted by molar-refractivity contribution is 0.578. The van der Waals surface area contributed by atoms with Gasteiger partial charge in [0.25, 0.3) is 0 Å². The summed E-state index contributed by atoms with van der Waals surface area (Å²) in [6.07, 6.45) is 2.69. The Labute approximate surface area is 81.3 Å². The maximum absolute atomic E-state index is 5.34. The summed E-state index contributed by atoms with van der Waals surface area (Å²) in [4.78, 5) is 0. The summed E-state index contributed by atoms with van der Waals surface area (Å²) < 4.78 is 5.34. The highest BCUT2D eigenvalue weighted by Crippen LogP contribution is 2.25. The lowest BCUT2D eigenvalue weighted by Gasteiger charge is -2.11. The molecule has 0 saturated heterocycles. The zero-order valence-corrected chi connectivity index (χ0v) is 7.71. The number of hydrogen-bond acceptors (Lipinski definition) is 3. The van der Waals surface area contributed by atoms with E-state index in [1.54, 1.807) is 6.26 Å². The first kappa shape index (κ1) is 7.82. The molecule has 0 bridgehead atoms. The van der Waals surface area contributed by atoms with Gasteiger partial charge in [-0.3, -0.25) is 5.10 Å². The molecule has 0 aliphatic carbocycles. The Balaban J connectivity index is 2.11. The number of fused-ring (bicyclic) bond motifs is 1. The molecule has 1 aliphatic rings. The summed E-state index contributed by atoms with van der Waals surface area (Å²) in [6, 6.07) is 3.83. The summed E-state index contributed by atoms with van der Waals surface area (Å²) in [7, 11) is 0. The van der Waals surface area contributed by atoms with E-state index in [1.165, 1.54) is 11.3 Å². The first-order valence-electron chi connectivity index (χ1n) is 4.76. The van der Waals surface area contributed by atoms with E-state index in [0.29, 0.717) is 0 Å². The van der Waals surface area contributed by atoms with Gasteiger partial charge in [0, 0.05) is 12.1 Å². The number of H-pyrrole nitrogens is 1. The van der Waals surface area contributed by atoms with Gasteiger partial charge in [-0.15, -0.1) is 0 Å². The molecule has 0 spiro atoms. The van der Waals surface area contributed by atoms with Crippen molar-refractivity contribution in [3.05, 3.63) is 29.7 Å². The molecule has 2 N–H and O–H groups in total. The van der Waals surface area contributed by atoms with Gasteiger partial charge in [-0.25, -0.2) is 0 Å². The van der Waals surface area contributed by atoms with Crippen LogP contribution < -0.4 is 5.32 Å². The van der Waals surface area contributed by atoms with E-state index in [2.05, 4.69) is 15.5 Å². The molecule has 0 unspecified atom stereocenters. The van der Waals surface area contributed by atoms with Gasteiger partial charge in [0.1, 0.15) is 5.69 Å². The van der Waals surface area contributed by atoms with Crippen LogP contribution in [0, 0.1) is 0 Å². The van der Waals surface area contributed by atoms with Gasteiger partial charge >= 0.3 is 0 Å². The number of aromatic amines is 1. The second-order valence-corrected chi connectivity index (χ2v) is 3.43. The molecule has 0 amide bonds. The minimum Gasteiger partial charge on any atom is -0.463 e. The third kappa shape index (κ3) is 1.08. The molecule has 3 rings (SSSR count). The molecule has 0 atom stereocenters. The molecular weight excluding hydrogens is 178 g/mol. The van der Waals surface area contributed by atoms with Crippen LogP contribution in [0.5, 0.6) is 0 Å². The van der Waals surface area contributed by atoms with Crippen molar-refractivity contribution in [2.24, 2.45) is 0 Å². The average molecular weight is 189 g/mol. The predicted octanol–water partition coefficient (Wildman–Crippen LogP) is 1.32. The monoisotopic (exact) mass is 189 g/mol. The zero-order chi connectivity index (χ0) is 9.38. The second-order valence-electron chi connectivity index (χ2n) is 3.43. The first-order chi connectivity index (χ1) is 6.95. The number of nitrogens with one attached hydrogen (secondary N) is 2. The Morgan fingerprint density at radius 3 is 3.29 bits per heavy atom. The summed E-state index contributed by atoms with van der Waals surface area (Å²) in [5, 5.41) is 10.6. The van der Waals surface area contributed by atoms with Gasteiger partial charge in [-0.2, -0.15) is 5.10 Å². The van der Waals surface area contributed by atoms with Crippen LogP contribution in [-0.4, -0.2) is 16.7 Å². The Bertz CT molecular complexity index is 430. The molecule has 2 aromatic heterocycles. The zero-order valence-electron chi connectivity index (χ0n) is 7.71. The highest BCUT2D eigenvalue weighted by atomic mass is 16.3. The van der Waals surface area contributed by atoms with Crippen LogP contribution in [0.4, 0.5) is 0 Å². The molecular formula is C10H11N3O. The van der Waals surface area contributed by atoms with Gasteiger partial charge in [0.2, 0.25) is 0 Å². The van der Waals surface area contributed by atoms with Gasteiger partial charge in [-0.1, -0.05) is 0 Å². The number of hydrogen-bond donors (Lipinski definition) is 2. The van der Waals surface area contributed by atoms with Crippen molar-refractivity contribution in [2.75, 3.05) is 6.54 Å². The third-order valence-corrected chi connectivity index (χ3v) is 2.56. The standard InChI is InChI=1S/C10H11N3O/c1-2-9(14-5-1)10-7-3-4-11-6-8(7)12-13-10/h1-2,5,11H,3-4,6H2,(H,12,13). The van der Waals surface area contributed by atoms with Crippen LogP contribution in [0.25, 0.3) is 11.5 Å². The quantitative estimate of drug-likeness (QED) is 0.711. The van der Waals surface area contributed by atoms with E-state index in [-0.39, 0.29) is 0 Å². The Morgan fingerprint density at radius 2 is 2.43 bits per heavy atom. The Morgan fingerprint density at radius 1 is 1.43 bits per heavy atom. The topological polar surface area (TPSA) is 53.9 Å². The maximum Gasteiger partial charge on any atom is 0.154 e. The number of furan rings is 1. The number of aromatic nitrogens is 2. The van der Waals surface area contributed by atoms with Crippen molar-refractivity contribution in [3.63, 3.8) is 0 Å². The average Bonchev–Trinajstić information content (AvgIpc) is 2.85. The normalized spacial score (nSPS) is 15.4. The van der Waals surface area contributed by atoms with Crippen molar-refractivity contribution >= 4 is 0 Å². The van der Waals surface area contributed by atoms with Gasteiger partial charge in [-0.05, 0) is 25.1 Å². The minimum absolute atomic E-state index is 0.851. The third-order valence-electron chi connectivity index (χ3n) is 2.56. The summed E-state index contributed by atoms with van der Waals surface area (Å²) in [6.45, 7) is 1.89. The largest absolute Gasteiger partial charge is 0.463 e. The number of rotatable bonds is 1. The van der Waals surface area contributed by atoms with Crippen molar-refractivity contribution in [3.8, 4) is 11.5 Å². The molecule has 2 aromatic rings. The molecule has 72 valence electrons. The maximum atomic E-state index is 5.34. The molecule has 0 saturated carbocycles. The second kappa shape index (κ2) is 2.99. The van der Waals surface area contributed by atoms with E-state index < -0.39 is 0 Å². The molecule has 0 radical (unpaired) electrons. The summed E-state index contributed by atoms with van der Waals surface area (Å²) in [5.41, 5.74) is 3.44. The molecule has 0 aromatic carbocycles. The number of nitrogens with zero attached hydrogens (tertiary/aromatic N) is 1. The highest BCUT2D eigenvalue weighted by Gasteiger charge is 2.18. The fourth-order valence-corrected chi connectivity index (χ4v) is 1.86. The lowest BCUT2D eigenvalue weighted by Crippen LogP contribution is -2.23. The van der Waals surface area contributed by atoms with Crippen LogP contribution in [-0.2, 0) is 13.0 Å². The van der Waals surface area contributed by atoms with E-state index >= 15 is 0 Å². The Hall–Kier alpha value is -1.55. The highest BCUT2D eigenvalue weighted by molar-refractivity contribution is 5.58. The van der Waals surface area contributed by atoms with Gasteiger partial charge < -0.3 is 9.73 Å². The van der Waals surface area contributed by atoms with Crippen molar-refractivity contribution in [1.29, 1.82) is 0 Å². The van der Waals surface area contributed by atoms with Crippen molar-refractivity contribution in [1.82, 2.24) is 15.5 Å². The van der Waals surface area contributed by atoms with Crippen LogP contribution in [0.15, 0.2) is 22.8 Å². The predicted molar refractivity (Wildman–Crippen MR) is 51.7 cm³/mol. The molecule has 0 fully saturated rings. The van der Waals surface area contributed by atoms with E-state index in [1.807, 2.05) is 12.1 Å². The lowest BCUT2D eigenvalue weighted by atomic mass is 10.1.